The predicted molar refractivity (Wildman–Crippen MR) is 119 cm³/mol. The van der Waals surface area contributed by atoms with Gasteiger partial charge in [0, 0.05) is 19.8 Å². The summed E-state index contributed by atoms with van der Waals surface area (Å²) in [4.78, 5) is 39.1. The van der Waals surface area contributed by atoms with Crippen LogP contribution in [0.3, 0.4) is 0 Å². The van der Waals surface area contributed by atoms with Gasteiger partial charge in [-0.3, -0.25) is 14.4 Å². The standard InChI is InChI=1S/C24H26FN3O5/c1-26-22(29)12-15-8-9-19-21(33-15)13-32-20-10-7-14(11-17(20)24(31)28(19)2)27-23(30)16-5-3-4-6-18(16)25/h3-7,10-11,15,19,21H,8-9,12-13H2,1-2H3,(H,26,29)(H,27,30)/t15-,19-,21-/m0/s1. The van der Waals surface area contributed by atoms with Gasteiger partial charge in [-0.15, -0.1) is 0 Å². The Morgan fingerprint density at radius 3 is 2.73 bits per heavy atom. The average molecular weight is 455 g/mol. The maximum atomic E-state index is 13.9. The maximum Gasteiger partial charge on any atom is 0.258 e. The average Bonchev–Trinajstić information content (AvgIpc) is 2.82. The van der Waals surface area contributed by atoms with E-state index in [1.807, 2.05) is 0 Å². The fourth-order valence-electron chi connectivity index (χ4n) is 4.26. The van der Waals surface area contributed by atoms with Gasteiger partial charge in [0.05, 0.1) is 29.7 Å². The fourth-order valence-corrected chi connectivity index (χ4v) is 4.26. The van der Waals surface area contributed by atoms with Crippen molar-refractivity contribution in [2.45, 2.75) is 37.5 Å². The van der Waals surface area contributed by atoms with E-state index in [4.69, 9.17) is 9.47 Å². The molecule has 1 saturated heterocycles. The van der Waals surface area contributed by atoms with Crippen LogP contribution in [-0.2, 0) is 9.53 Å². The van der Waals surface area contributed by atoms with E-state index >= 15 is 0 Å². The molecular weight excluding hydrogens is 429 g/mol. The van der Waals surface area contributed by atoms with E-state index in [9.17, 15) is 18.8 Å². The zero-order valence-corrected chi connectivity index (χ0v) is 18.5. The van der Waals surface area contributed by atoms with Crippen LogP contribution in [0.4, 0.5) is 10.1 Å². The van der Waals surface area contributed by atoms with Crippen molar-refractivity contribution in [3.63, 3.8) is 0 Å². The molecule has 2 aromatic carbocycles. The minimum absolute atomic E-state index is 0.0857. The lowest BCUT2D eigenvalue weighted by molar-refractivity contribution is -0.133. The third kappa shape index (κ3) is 4.83. The molecule has 33 heavy (non-hydrogen) atoms. The van der Waals surface area contributed by atoms with E-state index in [-0.39, 0.29) is 48.7 Å². The molecule has 0 radical (unpaired) electrons. The van der Waals surface area contributed by atoms with E-state index in [0.717, 1.165) is 0 Å². The highest BCUT2D eigenvalue weighted by molar-refractivity contribution is 6.05. The Hall–Kier alpha value is -3.46. The van der Waals surface area contributed by atoms with Gasteiger partial charge in [0.25, 0.3) is 11.8 Å². The quantitative estimate of drug-likeness (QED) is 0.739. The first kappa shape index (κ1) is 22.7. The monoisotopic (exact) mass is 455 g/mol. The molecule has 2 aliphatic rings. The summed E-state index contributed by atoms with van der Waals surface area (Å²) < 4.78 is 25.9. The Kier molecular flexibility index (Phi) is 6.60. The summed E-state index contributed by atoms with van der Waals surface area (Å²) in [6.45, 7) is 0.223. The van der Waals surface area contributed by atoms with Crippen LogP contribution in [0.25, 0.3) is 0 Å². The lowest BCUT2D eigenvalue weighted by Gasteiger charge is -2.42. The first-order chi connectivity index (χ1) is 15.9. The van der Waals surface area contributed by atoms with Crippen molar-refractivity contribution in [1.82, 2.24) is 10.2 Å². The SMILES string of the molecule is CNC(=O)C[C@@H]1CC[C@H]2[C@H](COc3ccc(NC(=O)c4ccccc4F)cc3C(=O)N2C)O1. The molecule has 1 fully saturated rings. The first-order valence-electron chi connectivity index (χ1n) is 10.8. The van der Waals surface area contributed by atoms with Gasteiger partial charge in [-0.1, -0.05) is 12.1 Å². The van der Waals surface area contributed by atoms with Crippen molar-refractivity contribution in [3.8, 4) is 5.75 Å². The van der Waals surface area contributed by atoms with Crippen LogP contribution in [0.1, 0.15) is 40.0 Å². The number of ether oxygens (including phenoxy) is 2. The summed E-state index contributed by atoms with van der Waals surface area (Å²) in [6.07, 6.45) is 0.998. The molecule has 3 amide bonds. The molecule has 2 heterocycles. The number of halogens is 1. The third-order valence-corrected chi connectivity index (χ3v) is 6.08. The van der Waals surface area contributed by atoms with Crippen molar-refractivity contribution in [3.05, 3.63) is 59.4 Å². The number of hydrogen-bond acceptors (Lipinski definition) is 5. The largest absolute Gasteiger partial charge is 0.490 e. The summed E-state index contributed by atoms with van der Waals surface area (Å²) >= 11 is 0. The van der Waals surface area contributed by atoms with Gasteiger partial charge in [0.1, 0.15) is 24.3 Å². The number of hydrogen-bond donors (Lipinski definition) is 2. The number of benzene rings is 2. The van der Waals surface area contributed by atoms with E-state index in [2.05, 4.69) is 10.6 Å². The second-order valence-corrected chi connectivity index (χ2v) is 8.19. The van der Waals surface area contributed by atoms with Crippen LogP contribution in [0.15, 0.2) is 42.5 Å². The van der Waals surface area contributed by atoms with Gasteiger partial charge in [0.2, 0.25) is 5.91 Å². The van der Waals surface area contributed by atoms with E-state index < -0.39 is 11.7 Å². The molecule has 0 aromatic heterocycles. The summed E-state index contributed by atoms with van der Waals surface area (Å²) in [6, 6.07) is 10.2. The molecule has 0 saturated carbocycles. The van der Waals surface area contributed by atoms with Gasteiger partial charge < -0.3 is 25.0 Å². The molecule has 174 valence electrons. The molecule has 9 heteroatoms. The molecule has 0 aliphatic carbocycles. The van der Waals surface area contributed by atoms with Gasteiger partial charge in [-0.25, -0.2) is 4.39 Å². The second kappa shape index (κ2) is 9.58. The number of carbonyl (C=O) groups excluding carboxylic acids is 3. The molecule has 4 rings (SSSR count). The number of nitrogens with zero attached hydrogens (tertiary/aromatic N) is 1. The van der Waals surface area contributed by atoms with Crippen molar-refractivity contribution in [1.29, 1.82) is 0 Å². The number of amides is 3. The summed E-state index contributed by atoms with van der Waals surface area (Å²) in [5.74, 6) is -1.23. The van der Waals surface area contributed by atoms with Crippen molar-refractivity contribution in [2.24, 2.45) is 0 Å². The van der Waals surface area contributed by atoms with Crippen LogP contribution >= 0.6 is 0 Å². The van der Waals surface area contributed by atoms with Crippen LogP contribution in [0.5, 0.6) is 5.75 Å². The van der Waals surface area contributed by atoms with Gasteiger partial charge in [-0.05, 0) is 43.2 Å². The number of nitrogens with one attached hydrogen (secondary N) is 2. The highest BCUT2D eigenvalue weighted by Gasteiger charge is 2.39. The topological polar surface area (TPSA) is 97.0 Å². The Balaban J connectivity index is 1.52. The zero-order valence-electron chi connectivity index (χ0n) is 18.5. The van der Waals surface area contributed by atoms with E-state index in [1.54, 1.807) is 37.2 Å². The number of likely N-dealkylation sites (N-methyl/N-ethyl adjacent to an activating group) is 1. The Morgan fingerprint density at radius 2 is 1.97 bits per heavy atom. The van der Waals surface area contributed by atoms with Crippen LogP contribution < -0.4 is 15.4 Å². The van der Waals surface area contributed by atoms with E-state index in [0.29, 0.717) is 29.8 Å². The Morgan fingerprint density at radius 1 is 1.18 bits per heavy atom. The molecule has 0 spiro atoms. The highest BCUT2D eigenvalue weighted by Crippen LogP contribution is 2.32. The minimum atomic E-state index is -0.626. The maximum absolute atomic E-state index is 13.9. The Bertz CT molecular complexity index is 1080. The number of fused-ring (bicyclic) bond motifs is 2. The molecule has 0 bridgehead atoms. The third-order valence-electron chi connectivity index (χ3n) is 6.08. The van der Waals surface area contributed by atoms with Gasteiger partial charge in [0.15, 0.2) is 0 Å². The summed E-state index contributed by atoms with van der Waals surface area (Å²) in [5.41, 5.74) is 0.572. The lowest BCUT2D eigenvalue weighted by atomic mass is 9.94. The van der Waals surface area contributed by atoms with Crippen LogP contribution in [0.2, 0.25) is 0 Å². The van der Waals surface area contributed by atoms with E-state index in [1.165, 1.54) is 24.3 Å². The van der Waals surface area contributed by atoms with Gasteiger partial charge >= 0.3 is 0 Å². The molecule has 3 atom stereocenters. The predicted octanol–water partition coefficient (Wildman–Crippen LogP) is 2.59. The Labute approximate surface area is 191 Å². The molecule has 2 aliphatic heterocycles. The summed E-state index contributed by atoms with van der Waals surface area (Å²) in [7, 11) is 3.30. The number of rotatable bonds is 4. The number of carbonyl (C=O) groups is 3. The van der Waals surface area contributed by atoms with Crippen LogP contribution in [-0.4, -0.2) is 61.6 Å². The molecule has 0 unspecified atom stereocenters. The fraction of sp³-hybridized carbons (Fsp3) is 0.375. The zero-order chi connectivity index (χ0) is 23.5. The molecule has 8 nitrogen and oxygen atoms in total. The lowest BCUT2D eigenvalue weighted by Crippen LogP contribution is -2.53. The second-order valence-electron chi connectivity index (χ2n) is 8.19. The molecular formula is C24H26FN3O5. The molecule has 2 N–H and O–H groups in total. The number of anilines is 1. The smallest absolute Gasteiger partial charge is 0.258 e. The van der Waals surface area contributed by atoms with Crippen LogP contribution in [0, 0.1) is 5.82 Å². The summed E-state index contributed by atoms with van der Waals surface area (Å²) in [5, 5.41) is 5.24. The first-order valence-corrected chi connectivity index (χ1v) is 10.8. The van der Waals surface area contributed by atoms with Crippen molar-refractivity contribution >= 4 is 23.4 Å². The highest BCUT2D eigenvalue weighted by atomic mass is 19.1. The van der Waals surface area contributed by atoms with Gasteiger partial charge in [-0.2, -0.15) is 0 Å². The molecule has 2 aromatic rings. The van der Waals surface area contributed by atoms with Crippen molar-refractivity contribution < 1.29 is 28.2 Å². The normalized spacial score (nSPS) is 22.2. The minimum Gasteiger partial charge on any atom is -0.490 e. The van der Waals surface area contributed by atoms with Crippen molar-refractivity contribution in [2.75, 3.05) is 26.0 Å².